The van der Waals surface area contributed by atoms with Crippen molar-refractivity contribution in [3.8, 4) is 0 Å². The number of rotatable bonds is 3. The van der Waals surface area contributed by atoms with Crippen LogP contribution in [0.2, 0.25) is 0 Å². The molecule has 1 aliphatic heterocycles. The van der Waals surface area contributed by atoms with Gasteiger partial charge < -0.3 is 11.5 Å². The number of nitrogens with zero attached hydrogens (tertiary/aromatic N) is 1. The Hall–Kier alpha value is -1.60. The van der Waals surface area contributed by atoms with Gasteiger partial charge in [0.1, 0.15) is 0 Å². The second kappa shape index (κ2) is 5.65. The number of anilines is 1. The van der Waals surface area contributed by atoms with Crippen LogP contribution in [0.1, 0.15) is 25.3 Å². The SMILES string of the molecule is Cc1c(N)cccc1S(=O)(=O)N1CC(C(N)=O)CCC1C. The fourth-order valence-corrected chi connectivity index (χ4v) is 4.64. The molecule has 0 spiro atoms. The summed E-state index contributed by atoms with van der Waals surface area (Å²) in [6.07, 6.45) is 1.24. The predicted octanol–water partition coefficient (Wildman–Crippen LogP) is 0.852. The molecule has 21 heavy (non-hydrogen) atoms. The molecule has 1 aromatic rings. The number of nitrogens with two attached hydrogens (primary N) is 2. The Morgan fingerprint density at radius 1 is 1.33 bits per heavy atom. The number of carbonyl (C=O) groups excluding carboxylic acids is 1. The van der Waals surface area contributed by atoms with Crippen molar-refractivity contribution in [3.05, 3.63) is 23.8 Å². The normalized spacial score (nSPS) is 23.9. The highest BCUT2D eigenvalue weighted by Crippen LogP contribution is 2.30. The summed E-state index contributed by atoms with van der Waals surface area (Å²) >= 11 is 0. The van der Waals surface area contributed by atoms with Gasteiger partial charge in [0.2, 0.25) is 15.9 Å². The van der Waals surface area contributed by atoms with Gasteiger partial charge in [-0.15, -0.1) is 0 Å². The second-order valence-corrected chi connectivity index (χ2v) is 7.43. The fraction of sp³-hybridized carbons (Fsp3) is 0.500. The van der Waals surface area contributed by atoms with Crippen molar-refractivity contribution in [1.82, 2.24) is 4.31 Å². The van der Waals surface area contributed by atoms with Crippen LogP contribution in [0.4, 0.5) is 5.69 Å². The van der Waals surface area contributed by atoms with Crippen molar-refractivity contribution in [2.45, 2.75) is 37.6 Å². The van der Waals surface area contributed by atoms with Crippen LogP contribution < -0.4 is 11.5 Å². The standard InChI is InChI=1S/C14H21N3O3S/c1-9-6-7-11(14(16)18)8-17(9)21(19,20)13-5-3-4-12(15)10(13)2/h3-5,9,11H,6-8,15H2,1-2H3,(H2,16,18). The van der Waals surface area contributed by atoms with Crippen LogP contribution in [0.25, 0.3) is 0 Å². The summed E-state index contributed by atoms with van der Waals surface area (Å²) in [5, 5.41) is 0. The largest absolute Gasteiger partial charge is 0.398 e. The summed E-state index contributed by atoms with van der Waals surface area (Å²) in [7, 11) is -3.69. The molecule has 1 aromatic carbocycles. The van der Waals surface area contributed by atoms with E-state index in [-0.39, 0.29) is 17.5 Å². The molecule has 0 aromatic heterocycles. The molecule has 1 aliphatic rings. The van der Waals surface area contributed by atoms with Crippen LogP contribution in [0.15, 0.2) is 23.1 Å². The average Bonchev–Trinajstić information content (AvgIpc) is 2.41. The van der Waals surface area contributed by atoms with Gasteiger partial charge in [0, 0.05) is 18.3 Å². The number of carbonyl (C=O) groups is 1. The molecule has 2 rings (SSSR count). The minimum absolute atomic E-state index is 0.132. The van der Waals surface area contributed by atoms with Crippen LogP contribution in [-0.4, -0.2) is 31.2 Å². The third kappa shape index (κ3) is 2.89. The molecule has 0 aliphatic carbocycles. The van der Waals surface area contributed by atoms with Gasteiger partial charge in [0.25, 0.3) is 0 Å². The Bertz CT molecular complexity index is 657. The van der Waals surface area contributed by atoms with Crippen LogP contribution in [0.5, 0.6) is 0 Å². The lowest BCUT2D eigenvalue weighted by Crippen LogP contribution is -2.48. The first-order valence-electron chi connectivity index (χ1n) is 6.91. The second-order valence-electron chi connectivity index (χ2n) is 5.57. The molecule has 2 atom stereocenters. The number of hydrogen-bond donors (Lipinski definition) is 2. The summed E-state index contributed by atoms with van der Waals surface area (Å²) < 4.78 is 27.1. The van der Waals surface area contributed by atoms with Gasteiger partial charge in [-0.05, 0) is 44.4 Å². The number of amides is 1. The van der Waals surface area contributed by atoms with E-state index in [9.17, 15) is 13.2 Å². The van der Waals surface area contributed by atoms with E-state index in [0.717, 1.165) is 0 Å². The highest BCUT2D eigenvalue weighted by molar-refractivity contribution is 7.89. The lowest BCUT2D eigenvalue weighted by atomic mass is 9.95. The van der Waals surface area contributed by atoms with E-state index in [1.54, 1.807) is 25.1 Å². The lowest BCUT2D eigenvalue weighted by molar-refractivity contribution is -0.123. The highest BCUT2D eigenvalue weighted by atomic mass is 32.2. The maximum absolute atomic E-state index is 12.9. The molecule has 6 nitrogen and oxygen atoms in total. The molecule has 116 valence electrons. The topological polar surface area (TPSA) is 106 Å². The van der Waals surface area contributed by atoms with Crippen molar-refractivity contribution in [1.29, 1.82) is 0 Å². The van der Waals surface area contributed by atoms with Gasteiger partial charge in [-0.2, -0.15) is 4.31 Å². The van der Waals surface area contributed by atoms with Gasteiger partial charge in [0.15, 0.2) is 0 Å². The van der Waals surface area contributed by atoms with Crippen molar-refractivity contribution >= 4 is 21.6 Å². The van der Waals surface area contributed by atoms with Crippen LogP contribution in [0, 0.1) is 12.8 Å². The van der Waals surface area contributed by atoms with Gasteiger partial charge in [0.05, 0.1) is 10.8 Å². The van der Waals surface area contributed by atoms with Gasteiger partial charge in [-0.25, -0.2) is 8.42 Å². The number of benzene rings is 1. The lowest BCUT2D eigenvalue weighted by Gasteiger charge is -2.36. The molecule has 1 fully saturated rings. The van der Waals surface area contributed by atoms with E-state index in [0.29, 0.717) is 24.1 Å². The quantitative estimate of drug-likeness (QED) is 0.807. The minimum atomic E-state index is -3.69. The first-order chi connectivity index (χ1) is 9.75. The highest BCUT2D eigenvalue weighted by Gasteiger charge is 2.37. The first-order valence-corrected chi connectivity index (χ1v) is 8.35. The van der Waals surface area contributed by atoms with Gasteiger partial charge in [-0.1, -0.05) is 6.07 Å². The van der Waals surface area contributed by atoms with Crippen molar-refractivity contribution in [2.24, 2.45) is 11.7 Å². The Balaban J connectivity index is 2.42. The molecule has 1 amide bonds. The molecule has 4 N–H and O–H groups in total. The summed E-state index contributed by atoms with van der Waals surface area (Å²) in [6.45, 7) is 3.66. The maximum atomic E-state index is 12.9. The average molecular weight is 311 g/mol. The zero-order valence-electron chi connectivity index (χ0n) is 12.2. The van der Waals surface area contributed by atoms with E-state index in [1.165, 1.54) is 4.31 Å². The minimum Gasteiger partial charge on any atom is -0.398 e. The summed E-state index contributed by atoms with van der Waals surface area (Å²) in [4.78, 5) is 11.6. The Kier molecular flexibility index (Phi) is 4.25. The Morgan fingerprint density at radius 3 is 2.62 bits per heavy atom. The number of primary amides is 1. The molecule has 1 saturated heterocycles. The number of hydrogen-bond acceptors (Lipinski definition) is 4. The molecular formula is C14H21N3O3S. The zero-order valence-corrected chi connectivity index (χ0v) is 13.1. The summed E-state index contributed by atoms with van der Waals surface area (Å²) in [5.41, 5.74) is 12.1. The molecular weight excluding hydrogens is 290 g/mol. The van der Waals surface area contributed by atoms with E-state index in [4.69, 9.17) is 11.5 Å². The monoisotopic (exact) mass is 311 g/mol. The van der Waals surface area contributed by atoms with E-state index in [2.05, 4.69) is 0 Å². The number of nitrogen functional groups attached to an aromatic ring is 1. The van der Waals surface area contributed by atoms with Crippen LogP contribution in [0.3, 0.4) is 0 Å². The molecule has 0 saturated carbocycles. The van der Waals surface area contributed by atoms with E-state index < -0.39 is 21.8 Å². The zero-order chi connectivity index (χ0) is 15.8. The molecule has 2 unspecified atom stereocenters. The molecule has 0 bridgehead atoms. The Morgan fingerprint density at radius 2 is 2.00 bits per heavy atom. The summed E-state index contributed by atoms with van der Waals surface area (Å²) in [5.74, 6) is -0.885. The third-order valence-electron chi connectivity index (χ3n) is 4.14. The van der Waals surface area contributed by atoms with Crippen molar-refractivity contribution in [3.63, 3.8) is 0 Å². The molecule has 7 heteroatoms. The number of sulfonamides is 1. The number of piperidine rings is 1. The van der Waals surface area contributed by atoms with Crippen LogP contribution >= 0.6 is 0 Å². The van der Waals surface area contributed by atoms with Gasteiger partial charge in [-0.3, -0.25) is 4.79 Å². The Labute approximate surface area is 125 Å². The van der Waals surface area contributed by atoms with E-state index in [1.807, 2.05) is 6.92 Å². The molecule has 1 heterocycles. The van der Waals surface area contributed by atoms with Crippen LogP contribution in [-0.2, 0) is 14.8 Å². The first kappa shape index (κ1) is 15.8. The van der Waals surface area contributed by atoms with Gasteiger partial charge >= 0.3 is 0 Å². The predicted molar refractivity (Wildman–Crippen MR) is 80.9 cm³/mol. The summed E-state index contributed by atoms with van der Waals surface area (Å²) in [6, 6.07) is 4.67. The fourth-order valence-electron chi connectivity index (χ4n) is 2.68. The molecule has 0 radical (unpaired) electrons. The van der Waals surface area contributed by atoms with Crippen molar-refractivity contribution < 1.29 is 13.2 Å². The maximum Gasteiger partial charge on any atom is 0.243 e. The smallest absolute Gasteiger partial charge is 0.243 e. The third-order valence-corrected chi connectivity index (χ3v) is 6.26. The van der Waals surface area contributed by atoms with E-state index >= 15 is 0 Å². The van der Waals surface area contributed by atoms with Crippen molar-refractivity contribution in [2.75, 3.05) is 12.3 Å².